The summed E-state index contributed by atoms with van der Waals surface area (Å²) < 4.78 is 0. The summed E-state index contributed by atoms with van der Waals surface area (Å²) in [6, 6.07) is 25.8. The third-order valence-corrected chi connectivity index (χ3v) is 7.18. The topological polar surface area (TPSA) is 65.7 Å². The van der Waals surface area contributed by atoms with Gasteiger partial charge in [0, 0.05) is 33.6 Å². The predicted molar refractivity (Wildman–Crippen MR) is 159 cm³/mol. The van der Waals surface area contributed by atoms with Crippen molar-refractivity contribution in [2.45, 2.75) is 26.7 Å². The Kier molecular flexibility index (Phi) is 7.11. The summed E-state index contributed by atoms with van der Waals surface area (Å²) in [7, 11) is 0. The molecular weight excluding hydrogens is 492 g/mol. The van der Waals surface area contributed by atoms with Crippen LogP contribution in [0.2, 0.25) is 0 Å². The van der Waals surface area contributed by atoms with Crippen molar-refractivity contribution in [3.63, 3.8) is 0 Å². The fraction of sp³-hybridized carbons (Fsp3) is 0.111. The van der Waals surface area contributed by atoms with Crippen LogP contribution < -0.4 is 0 Å². The Morgan fingerprint density at radius 1 is 0.625 bits per heavy atom. The molecule has 0 bridgehead atoms. The molecule has 0 unspecified atom stereocenters. The van der Waals surface area contributed by atoms with Crippen LogP contribution in [0.25, 0.3) is 0 Å². The fourth-order valence-electron chi connectivity index (χ4n) is 5.30. The van der Waals surface area contributed by atoms with E-state index < -0.39 is 0 Å². The van der Waals surface area contributed by atoms with E-state index in [2.05, 4.69) is 54.7 Å². The molecular formula is C36H28N2O2. The zero-order valence-corrected chi connectivity index (χ0v) is 22.6. The van der Waals surface area contributed by atoms with Gasteiger partial charge in [-0.1, -0.05) is 29.5 Å². The third-order valence-electron chi connectivity index (χ3n) is 7.18. The normalized spacial score (nSPS) is 10.8. The van der Waals surface area contributed by atoms with Gasteiger partial charge < -0.3 is 9.97 Å². The van der Waals surface area contributed by atoms with E-state index in [1.165, 1.54) is 5.56 Å². The van der Waals surface area contributed by atoms with Crippen LogP contribution in [0.4, 0.5) is 0 Å². The summed E-state index contributed by atoms with van der Waals surface area (Å²) in [6.07, 6.45) is 10.9. The van der Waals surface area contributed by atoms with Crippen molar-refractivity contribution in [3.05, 3.63) is 152 Å². The molecule has 0 amide bonds. The van der Waals surface area contributed by atoms with Crippen molar-refractivity contribution in [2.24, 2.45) is 0 Å². The van der Waals surface area contributed by atoms with Crippen LogP contribution in [-0.2, 0) is 0 Å². The first-order chi connectivity index (χ1) is 19.3. The lowest BCUT2D eigenvalue weighted by Gasteiger charge is -2.21. The van der Waals surface area contributed by atoms with Crippen LogP contribution in [0, 0.1) is 45.5 Å². The Bertz CT molecular complexity index is 1690. The molecule has 5 aromatic rings. The van der Waals surface area contributed by atoms with Gasteiger partial charge >= 0.3 is 0 Å². The van der Waals surface area contributed by atoms with Gasteiger partial charge in [-0.25, -0.2) is 0 Å². The van der Waals surface area contributed by atoms with Crippen molar-refractivity contribution >= 4 is 11.6 Å². The van der Waals surface area contributed by atoms with Gasteiger partial charge in [-0.2, -0.15) is 0 Å². The number of hydrogen-bond acceptors (Lipinski definition) is 2. The van der Waals surface area contributed by atoms with Crippen LogP contribution in [0.5, 0.6) is 0 Å². The number of benzene rings is 3. The Labute approximate surface area is 234 Å². The van der Waals surface area contributed by atoms with E-state index in [1.54, 1.807) is 60.7 Å². The van der Waals surface area contributed by atoms with Gasteiger partial charge in [0.2, 0.25) is 11.6 Å². The van der Waals surface area contributed by atoms with Crippen LogP contribution in [0.3, 0.4) is 0 Å². The maximum absolute atomic E-state index is 13.3. The lowest BCUT2D eigenvalue weighted by atomic mass is 9.85. The van der Waals surface area contributed by atoms with Crippen LogP contribution >= 0.6 is 0 Å². The van der Waals surface area contributed by atoms with E-state index in [-0.39, 0.29) is 17.5 Å². The largest absolute Gasteiger partial charge is 0.355 e. The Morgan fingerprint density at radius 3 is 1.40 bits per heavy atom. The van der Waals surface area contributed by atoms with Crippen molar-refractivity contribution in [1.82, 2.24) is 9.97 Å². The van der Waals surface area contributed by atoms with Crippen molar-refractivity contribution in [2.75, 3.05) is 0 Å². The summed E-state index contributed by atoms with van der Waals surface area (Å²) in [4.78, 5) is 33.3. The SMILES string of the molecule is C#Cc1ccc(C(=O)c2ccc(C(c3ccc(C(=O)c4ccc(C#C)cc4)[nH]3)c3c(C)cc(C)cc3C)[nH]2)cc1. The fourth-order valence-corrected chi connectivity index (χ4v) is 5.30. The number of ketones is 2. The quantitative estimate of drug-likeness (QED) is 0.182. The number of aromatic amines is 2. The number of aryl methyl sites for hydroxylation is 3. The van der Waals surface area contributed by atoms with E-state index >= 15 is 0 Å². The predicted octanol–water partition coefficient (Wildman–Crippen LogP) is 6.87. The highest BCUT2D eigenvalue weighted by Crippen LogP contribution is 2.36. The molecule has 0 saturated heterocycles. The van der Waals surface area contributed by atoms with Crippen LogP contribution in [0.1, 0.15) is 82.8 Å². The molecule has 194 valence electrons. The summed E-state index contributed by atoms with van der Waals surface area (Å²) >= 11 is 0. The Balaban J connectivity index is 1.56. The summed E-state index contributed by atoms with van der Waals surface area (Å²) in [6.45, 7) is 6.26. The zero-order valence-electron chi connectivity index (χ0n) is 22.6. The highest BCUT2D eigenvalue weighted by molar-refractivity contribution is 6.08. The van der Waals surface area contributed by atoms with Crippen molar-refractivity contribution in [1.29, 1.82) is 0 Å². The van der Waals surface area contributed by atoms with Crippen LogP contribution in [0.15, 0.2) is 84.9 Å². The van der Waals surface area contributed by atoms with Gasteiger partial charge in [0.1, 0.15) is 0 Å². The van der Waals surface area contributed by atoms with Crippen LogP contribution in [-0.4, -0.2) is 21.5 Å². The van der Waals surface area contributed by atoms with E-state index in [9.17, 15) is 9.59 Å². The maximum atomic E-state index is 13.3. The lowest BCUT2D eigenvalue weighted by Crippen LogP contribution is -2.11. The molecule has 0 spiro atoms. The molecule has 5 rings (SSSR count). The molecule has 2 aromatic heterocycles. The molecule has 0 radical (unpaired) electrons. The smallest absolute Gasteiger partial charge is 0.209 e. The summed E-state index contributed by atoms with van der Waals surface area (Å²) in [5.74, 6) is 4.65. The summed E-state index contributed by atoms with van der Waals surface area (Å²) in [5, 5.41) is 0. The molecule has 0 saturated carbocycles. The highest BCUT2D eigenvalue weighted by Gasteiger charge is 2.26. The van der Waals surface area contributed by atoms with Gasteiger partial charge in [-0.15, -0.1) is 12.8 Å². The first-order valence-corrected chi connectivity index (χ1v) is 13.0. The van der Waals surface area contributed by atoms with Gasteiger partial charge in [-0.05, 0) is 110 Å². The number of hydrogen-bond donors (Lipinski definition) is 2. The maximum Gasteiger partial charge on any atom is 0.209 e. The number of carbonyl (C=O) groups is 2. The molecule has 0 aliphatic rings. The second-order valence-corrected chi connectivity index (χ2v) is 10.0. The van der Waals surface area contributed by atoms with E-state index in [0.717, 1.165) is 39.2 Å². The minimum absolute atomic E-state index is 0.122. The first kappa shape index (κ1) is 26.3. The molecule has 4 heteroatoms. The second-order valence-electron chi connectivity index (χ2n) is 10.0. The van der Waals surface area contributed by atoms with Gasteiger partial charge in [-0.3, -0.25) is 9.59 Å². The number of rotatable bonds is 7. The van der Waals surface area contributed by atoms with E-state index in [0.29, 0.717) is 22.5 Å². The Morgan fingerprint density at radius 2 is 1.02 bits per heavy atom. The van der Waals surface area contributed by atoms with Gasteiger partial charge in [0.25, 0.3) is 0 Å². The molecule has 3 aromatic carbocycles. The molecule has 0 atom stereocenters. The molecule has 0 aliphatic carbocycles. The number of nitrogens with one attached hydrogen (secondary N) is 2. The lowest BCUT2D eigenvalue weighted by molar-refractivity contribution is 0.102. The van der Waals surface area contributed by atoms with Gasteiger partial charge in [0.05, 0.1) is 17.3 Å². The molecule has 2 N–H and O–H groups in total. The average Bonchev–Trinajstić information content (AvgIpc) is 3.65. The first-order valence-electron chi connectivity index (χ1n) is 13.0. The number of H-pyrrole nitrogens is 2. The molecule has 4 nitrogen and oxygen atoms in total. The monoisotopic (exact) mass is 520 g/mol. The van der Waals surface area contributed by atoms with Gasteiger partial charge in [0.15, 0.2) is 0 Å². The third kappa shape index (κ3) is 5.04. The molecule has 0 aliphatic heterocycles. The zero-order chi connectivity index (χ0) is 28.4. The average molecular weight is 521 g/mol. The minimum atomic E-state index is -0.253. The van der Waals surface area contributed by atoms with Crippen molar-refractivity contribution in [3.8, 4) is 24.7 Å². The minimum Gasteiger partial charge on any atom is -0.355 e. The highest BCUT2D eigenvalue weighted by atomic mass is 16.1. The Hall–Kier alpha value is -5.32. The molecule has 40 heavy (non-hydrogen) atoms. The standard InChI is InChI=1S/C36H28N2O2/c1-6-25-8-12-27(13-9-25)35(39)31-18-16-29(37-31)34(33-23(4)20-22(3)21-24(33)5)30-17-19-32(38-30)36(40)28-14-10-26(7-2)11-15-28/h1-2,8-21,34,37-38H,3-5H3. The molecule has 0 fully saturated rings. The number of carbonyl (C=O) groups excluding carboxylic acids is 2. The van der Waals surface area contributed by atoms with E-state index in [1.807, 2.05) is 12.1 Å². The second kappa shape index (κ2) is 10.8. The molecule has 2 heterocycles. The van der Waals surface area contributed by atoms with Crippen molar-refractivity contribution < 1.29 is 9.59 Å². The summed E-state index contributed by atoms with van der Waals surface area (Å²) in [5.41, 5.74) is 9.73. The number of aromatic nitrogens is 2. The number of terminal acetylenes is 2. The van der Waals surface area contributed by atoms with E-state index in [4.69, 9.17) is 12.8 Å².